The van der Waals surface area contributed by atoms with Crippen LogP contribution in [0.25, 0.3) is 0 Å². The Balaban J connectivity index is 2.69. The van der Waals surface area contributed by atoms with Crippen LogP contribution < -0.4 is 0 Å². The molecule has 1 fully saturated rings. The number of rotatable bonds is 6. The van der Waals surface area contributed by atoms with Gasteiger partial charge >= 0.3 is 110 Å². The normalized spacial score (nSPS) is 16.9. The van der Waals surface area contributed by atoms with Crippen molar-refractivity contribution in [1.82, 2.24) is 9.80 Å². The zero-order chi connectivity index (χ0) is 12.8. The molecule has 4 nitrogen and oxygen atoms in total. The van der Waals surface area contributed by atoms with Crippen LogP contribution in [0, 0.1) is 0 Å². The van der Waals surface area contributed by atoms with Gasteiger partial charge in [-0.3, -0.25) is 0 Å². The number of carbonyl (C=O) groups is 2. The van der Waals surface area contributed by atoms with E-state index in [1.807, 2.05) is 0 Å². The predicted octanol–water partition coefficient (Wildman–Crippen LogP) is 0.903. The van der Waals surface area contributed by atoms with E-state index in [1.54, 1.807) is 9.80 Å². The Hall–Kier alpha value is -0.671. The number of hydrogen-bond donors (Lipinski definition) is 0. The zero-order valence-electron chi connectivity index (χ0n) is 10.6. The van der Waals surface area contributed by atoms with Gasteiger partial charge in [-0.05, 0) is 0 Å². The van der Waals surface area contributed by atoms with Gasteiger partial charge in [0.1, 0.15) is 0 Å². The summed E-state index contributed by atoms with van der Waals surface area (Å²) in [5.74, 6) is -0.158. The molecule has 0 unspecified atom stereocenters. The summed E-state index contributed by atoms with van der Waals surface area (Å²) >= 11 is 2.88. The molecule has 0 bridgehead atoms. The standard InChI is InChI=1S/C12H20N2O2Se/c1-3-5-7-13-10(15)9-11(16)14(12(13)17)8-6-4-2/h3-9H2,1-2H3. The molecule has 0 radical (unpaired) electrons. The fourth-order valence-corrected chi connectivity index (χ4v) is 2.56. The van der Waals surface area contributed by atoms with E-state index in [0.29, 0.717) is 17.8 Å². The molecule has 0 saturated carbocycles. The second kappa shape index (κ2) is 6.92. The van der Waals surface area contributed by atoms with Crippen molar-refractivity contribution in [1.29, 1.82) is 0 Å². The Morgan fingerprint density at radius 1 is 1.00 bits per heavy atom. The van der Waals surface area contributed by atoms with Gasteiger partial charge in [0.05, 0.1) is 0 Å². The summed E-state index contributed by atoms with van der Waals surface area (Å²) in [7, 11) is 0. The summed E-state index contributed by atoms with van der Waals surface area (Å²) < 4.78 is 0.688. The van der Waals surface area contributed by atoms with Crippen LogP contribution in [0.1, 0.15) is 46.0 Å². The monoisotopic (exact) mass is 304 g/mol. The Morgan fingerprint density at radius 2 is 1.41 bits per heavy atom. The summed E-state index contributed by atoms with van der Waals surface area (Å²) in [6.45, 7) is 5.59. The molecule has 1 aliphatic heterocycles. The van der Waals surface area contributed by atoms with Crippen LogP contribution in [0.2, 0.25) is 0 Å². The Bertz CT molecular complexity index is 290. The molecule has 1 aliphatic rings. The molecule has 0 N–H and O–H groups in total. The van der Waals surface area contributed by atoms with Crippen molar-refractivity contribution < 1.29 is 9.59 Å². The molecule has 0 aromatic carbocycles. The number of nitrogens with zero attached hydrogens (tertiary/aromatic N) is 2. The van der Waals surface area contributed by atoms with Crippen LogP contribution in [-0.2, 0) is 9.59 Å². The van der Waals surface area contributed by atoms with Gasteiger partial charge in [0.25, 0.3) is 0 Å². The van der Waals surface area contributed by atoms with Crippen LogP contribution in [0.15, 0.2) is 0 Å². The van der Waals surface area contributed by atoms with E-state index < -0.39 is 0 Å². The molecular weight excluding hydrogens is 283 g/mol. The molecule has 0 spiro atoms. The molecule has 0 aromatic heterocycles. The van der Waals surface area contributed by atoms with Gasteiger partial charge in [-0.15, -0.1) is 0 Å². The summed E-state index contributed by atoms with van der Waals surface area (Å²) in [5, 5.41) is 0. The van der Waals surface area contributed by atoms with Crippen molar-refractivity contribution in [2.24, 2.45) is 0 Å². The third-order valence-corrected chi connectivity index (χ3v) is 3.76. The number of amides is 2. The van der Waals surface area contributed by atoms with E-state index in [4.69, 9.17) is 0 Å². The molecule has 1 heterocycles. The number of carbonyl (C=O) groups excluding carboxylic acids is 2. The predicted molar refractivity (Wildman–Crippen MR) is 68.6 cm³/mol. The Morgan fingerprint density at radius 3 is 1.76 bits per heavy atom. The molecule has 96 valence electrons. The Kier molecular flexibility index (Phi) is 5.86. The Labute approximate surface area is 111 Å². The van der Waals surface area contributed by atoms with Gasteiger partial charge in [0, 0.05) is 0 Å². The zero-order valence-corrected chi connectivity index (χ0v) is 12.3. The van der Waals surface area contributed by atoms with Gasteiger partial charge in [-0.2, -0.15) is 0 Å². The van der Waals surface area contributed by atoms with Crippen molar-refractivity contribution in [2.75, 3.05) is 13.1 Å². The van der Waals surface area contributed by atoms with Crippen LogP contribution in [0.4, 0.5) is 0 Å². The number of hydrogen-bond acceptors (Lipinski definition) is 2. The first-order valence-electron chi connectivity index (χ1n) is 6.26. The van der Waals surface area contributed by atoms with Crippen LogP contribution in [-0.4, -0.2) is 54.9 Å². The quantitative estimate of drug-likeness (QED) is 0.540. The van der Waals surface area contributed by atoms with Gasteiger partial charge in [0.2, 0.25) is 0 Å². The first-order valence-corrected chi connectivity index (χ1v) is 7.12. The van der Waals surface area contributed by atoms with E-state index in [-0.39, 0.29) is 18.2 Å². The van der Waals surface area contributed by atoms with E-state index in [9.17, 15) is 9.59 Å². The SMILES string of the molecule is CCCCN1C(=O)CC(=O)N(CCCC)C1=[Se]. The van der Waals surface area contributed by atoms with Gasteiger partial charge in [0.15, 0.2) is 0 Å². The van der Waals surface area contributed by atoms with Gasteiger partial charge in [-0.25, -0.2) is 0 Å². The molecule has 17 heavy (non-hydrogen) atoms. The summed E-state index contributed by atoms with van der Waals surface area (Å²) in [5.41, 5.74) is 0. The fourth-order valence-electron chi connectivity index (χ4n) is 1.75. The molecule has 0 atom stereocenters. The van der Waals surface area contributed by atoms with Crippen molar-refractivity contribution in [3.63, 3.8) is 0 Å². The molecular formula is C12H20N2O2Se. The third-order valence-electron chi connectivity index (χ3n) is 2.84. The van der Waals surface area contributed by atoms with Crippen LogP contribution in [0.5, 0.6) is 0 Å². The molecule has 1 saturated heterocycles. The maximum atomic E-state index is 11.8. The maximum absolute atomic E-state index is 11.8. The molecule has 5 heteroatoms. The van der Waals surface area contributed by atoms with Crippen molar-refractivity contribution in [2.45, 2.75) is 46.0 Å². The molecule has 1 rings (SSSR count). The second-order valence-corrected chi connectivity index (χ2v) is 5.02. The second-order valence-electron chi connectivity index (χ2n) is 4.26. The molecule has 2 amide bonds. The fraction of sp³-hybridized carbons (Fsp3) is 0.750. The van der Waals surface area contributed by atoms with E-state index in [0.717, 1.165) is 25.7 Å². The van der Waals surface area contributed by atoms with Crippen LogP contribution >= 0.6 is 0 Å². The van der Waals surface area contributed by atoms with Gasteiger partial charge < -0.3 is 0 Å². The summed E-state index contributed by atoms with van der Waals surface area (Å²) in [6.07, 6.45) is 4.03. The van der Waals surface area contributed by atoms with E-state index in [1.165, 1.54) is 0 Å². The minimum atomic E-state index is -0.0788. The average Bonchev–Trinajstić information content (AvgIpc) is 2.28. The number of unbranched alkanes of at least 4 members (excludes halogenated alkanes) is 2. The topological polar surface area (TPSA) is 40.6 Å². The van der Waals surface area contributed by atoms with Crippen LogP contribution in [0.3, 0.4) is 0 Å². The molecule has 0 aliphatic carbocycles. The van der Waals surface area contributed by atoms with E-state index in [2.05, 4.69) is 29.4 Å². The third kappa shape index (κ3) is 3.65. The van der Waals surface area contributed by atoms with Crippen molar-refractivity contribution in [3.05, 3.63) is 0 Å². The van der Waals surface area contributed by atoms with Crippen molar-refractivity contribution >= 4 is 32.1 Å². The average molecular weight is 303 g/mol. The van der Waals surface area contributed by atoms with E-state index >= 15 is 0 Å². The first kappa shape index (κ1) is 14.4. The minimum absolute atomic E-state index is 0.0125. The van der Waals surface area contributed by atoms with Gasteiger partial charge in [-0.1, -0.05) is 0 Å². The first-order chi connectivity index (χ1) is 8.11. The van der Waals surface area contributed by atoms with Crippen molar-refractivity contribution in [3.8, 4) is 0 Å². The molecule has 0 aromatic rings. The summed E-state index contributed by atoms with van der Waals surface area (Å²) in [6, 6.07) is 0. The summed E-state index contributed by atoms with van der Waals surface area (Å²) in [4.78, 5) is 27.0.